The molecule has 104 valence electrons. The molecule has 1 N–H and O–H groups in total. The van der Waals surface area contributed by atoms with Crippen molar-refractivity contribution in [3.63, 3.8) is 0 Å². The zero-order valence-electron chi connectivity index (χ0n) is 11.2. The molecule has 1 aliphatic heterocycles. The Balaban J connectivity index is 1.99. The fraction of sp³-hybridized carbons (Fsp3) is 0.667. The number of aryl methyl sites for hydroxylation is 1. The summed E-state index contributed by atoms with van der Waals surface area (Å²) in [6.45, 7) is 4.41. The summed E-state index contributed by atoms with van der Waals surface area (Å²) in [5.74, 6) is 0.553. The molecule has 2 heterocycles. The number of anilines is 1. The second kappa shape index (κ2) is 6.10. The van der Waals surface area contributed by atoms with Gasteiger partial charge in [0.2, 0.25) is 16.9 Å². The Morgan fingerprint density at radius 3 is 2.95 bits per heavy atom. The summed E-state index contributed by atoms with van der Waals surface area (Å²) in [4.78, 5) is 29.9. The smallest absolute Gasteiger partial charge is 0.248 e. The number of hydrogen-bond donors (Lipinski definition) is 1. The normalized spacial score (nSPS) is 18.6. The van der Waals surface area contributed by atoms with Gasteiger partial charge in [0.1, 0.15) is 11.9 Å². The molecular weight excluding hydrogens is 264 g/mol. The highest BCUT2D eigenvalue weighted by Gasteiger charge is 2.33. The van der Waals surface area contributed by atoms with E-state index in [-0.39, 0.29) is 17.9 Å². The molecule has 0 aliphatic carbocycles. The van der Waals surface area contributed by atoms with Crippen LogP contribution < -0.4 is 5.32 Å². The van der Waals surface area contributed by atoms with Gasteiger partial charge in [-0.05, 0) is 26.2 Å². The molecule has 1 saturated heterocycles. The first-order valence-corrected chi connectivity index (χ1v) is 7.29. The van der Waals surface area contributed by atoms with Gasteiger partial charge in [0, 0.05) is 24.5 Å². The van der Waals surface area contributed by atoms with Gasteiger partial charge in [-0.15, -0.1) is 0 Å². The Morgan fingerprint density at radius 1 is 1.53 bits per heavy atom. The summed E-state index contributed by atoms with van der Waals surface area (Å²) in [5, 5.41) is 3.24. The minimum Gasteiger partial charge on any atom is -0.331 e. The molecule has 19 heavy (non-hydrogen) atoms. The highest BCUT2D eigenvalue weighted by Crippen LogP contribution is 2.21. The number of nitrogens with one attached hydrogen (secondary N) is 1. The first-order chi connectivity index (χ1) is 9.11. The van der Waals surface area contributed by atoms with Gasteiger partial charge in [-0.1, -0.05) is 6.92 Å². The van der Waals surface area contributed by atoms with E-state index < -0.39 is 0 Å². The molecule has 1 aromatic rings. The zero-order valence-corrected chi connectivity index (χ0v) is 12.0. The monoisotopic (exact) mass is 282 g/mol. The van der Waals surface area contributed by atoms with Crippen molar-refractivity contribution in [2.45, 2.75) is 45.6 Å². The van der Waals surface area contributed by atoms with Crippen molar-refractivity contribution in [1.29, 1.82) is 0 Å². The third kappa shape index (κ3) is 3.28. The van der Waals surface area contributed by atoms with Gasteiger partial charge >= 0.3 is 0 Å². The first kappa shape index (κ1) is 13.9. The highest BCUT2D eigenvalue weighted by molar-refractivity contribution is 7.09. The van der Waals surface area contributed by atoms with Crippen LogP contribution in [0.3, 0.4) is 0 Å². The van der Waals surface area contributed by atoms with Crippen LogP contribution in [0.15, 0.2) is 0 Å². The van der Waals surface area contributed by atoms with E-state index in [0.717, 1.165) is 30.8 Å². The SMILES string of the molecule is CCCC(=O)N1CCCC1C(=O)Nc1nc(C)ns1. The van der Waals surface area contributed by atoms with E-state index in [9.17, 15) is 9.59 Å². The average Bonchev–Trinajstić information content (AvgIpc) is 2.98. The van der Waals surface area contributed by atoms with Crippen LogP contribution in [-0.2, 0) is 9.59 Å². The number of carbonyl (C=O) groups excluding carboxylic acids is 2. The molecule has 0 radical (unpaired) electrons. The van der Waals surface area contributed by atoms with Crippen molar-refractivity contribution in [1.82, 2.24) is 14.3 Å². The topological polar surface area (TPSA) is 75.2 Å². The van der Waals surface area contributed by atoms with Crippen molar-refractivity contribution in [3.8, 4) is 0 Å². The van der Waals surface area contributed by atoms with Crippen LogP contribution in [0.25, 0.3) is 0 Å². The molecule has 1 unspecified atom stereocenters. The summed E-state index contributed by atoms with van der Waals surface area (Å²) < 4.78 is 4.02. The number of rotatable bonds is 4. The van der Waals surface area contributed by atoms with Gasteiger partial charge in [0.25, 0.3) is 0 Å². The van der Waals surface area contributed by atoms with Crippen LogP contribution in [-0.4, -0.2) is 38.7 Å². The molecule has 0 aromatic carbocycles. The predicted octanol–water partition coefficient (Wildman–Crippen LogP) is 1.58. The molecule has 2 rings (SSSR count). The Kier molecular flexibility index (Phi) is 4.47. The molecule has 0 bridgehead atoms. The predicted molar refractivity (Wildman–Crippen MR) is 72.9 cm³/mol. The van der Waals surface area contributed by atoms with Gasteiger partial charge in [-0.3, -0.25) is 14.9 Å². The summed E-state index contributed by atoms with van der Waals surface area (Å²) in [6, 6.07) is -0.358. The van der Waals surface area contributed by atoms with Crippen LogP contribution in [0.4, 0.5) is 5.13 Å². The van der Waals surface area contributed by atoms with Gasteiger partial charge < -0.3 is 4.90 Å². The molecule has 1 atom stereocenters. The van der Waals surface area contributed by atoms with Crippen molar-refractivity contribution < 1.29 is 9.59 Å². The average molecular weight is 282 g/mol. The highest BCUT2D eigenvalue weighted by atomic mass is 32.1. The fourth-order valence-corrected chi connectivity index (χ4v) is 2.81. The van der Waals surface area contributed by atoms with E-state index in [1.807, 2.05) is 6.92 Å². The third-order valence-electron chi connectivity index (χ3n) is 3.10. The van der Waals surface area contributed by atoms with Gasteiger partial charge in [0.15, 0.2) is 0 Å². The maximum atomic E-state index is 12.2. The van der Waals surface area contributed by atoms with E-state index in [4.69, 9.17) is 0 Å². The Morgan fingerprint density at radius 2 is 2.32 bits per heavy atom. The summed E-state index contributed by atoms with van der Waals surface area (Å²) >= 11 is 1.16. The molecule has 2 amide bonds. The maximum Gasteiger partial charge on any atom is 0.248 e. The lowest BCUT2D eigenvalue weighted by atomic mass is 10.2. The summed E-state index contributed by atoms with van der Waals surface area (Å²) in [5.41, 5.74) is 0. The van der Waals surface area contributed by atoms with E-state index in [2.05, 4.69) is 14.7 Å². The lowest BCUT2D eigenvalue weighted by Gasteiger charge is -2.23. The fourth-order valence-electron chi connectivity index (χ4n) is 2.23. The Labute approximate surface area is 116 Å². The van der Waals surface area contributed by atoms with Gasteiger partial charge in [-0.25, -0.2) is 4.98 Å². The number of nitrogens with zero attached hydrogens (tertiary/aromatic N) is 3. The van der Waals surface area contributed by atoms with E-state index in [1.54, 1.807) is 11.8 Å². The standard InChI is InChI=1S/C12H18N4O2S/c1-3-5-10(17)16-7-4-6-9(16)11(18)14-12-13-8(2)15-19-12/h9H,3-7H2,1-2H3,(H,13,14,15,18). The second-order valence-corrected chi connectivity index (χ2v) is 5.38. The van der Waals surface area contributed by atoms with Crippen molar-refractivity contribution in [3.05, 3.63) is 5.82 Å². The van der Waals surface area contributed by atoms with Crippen LogP contribution >= 0.6 is 11.5 Å². The molecule has 1 fully saturated rings. The maximum absolute atomic E-state index is 12.2. The number of amides is 2. The quantitative estimate of drug-likeness (QED) is 0.909. The molecule has 0 spiro atoms. The zero-order chi connectivity index (χ0) is 13.8. The molecule has 6 nitrogen and oxygen atoms in total. The van der Waals surface area contributed by atoms with Gasteiger partial charge in [-0.2, -0.15) is 4.37 Å². The number of carbonyl (C=O) groups is 2. The Bertz CT molecular complexity index is 474. The summed E-state index contributed by atoms with van der Waals surface area (Å²) in [7, 11) is 0. The lowest BCUT2D eigenvalue weighted by Crippen LogP contribution is -2.43. The van der Waals surface area contributed by atoms with Gasteiger partial charge in [0.05, 0.1) is 0 Å². The number of likely N-dealkylation sites (tertiary alicyclic amines) is 1. The molecule has 0 saturated carbocycles. The van der Waals surface area contributed by atoms with E-state index in [0.29, 0.717) is 23.9 Å². The molecule has 1 aromatic heterocycles. The minimum absolute atomic E-state index is 0.0635. The van der Waals surface area contributed by atoms with Crippen molar-refractivity contribution in [2.75, 3.05) is 11.9 Å². The van der Waals surface area contributed by atoms with E-state index in [1.165, 1.54) is 0 Å². The third-order valence-corrected chi connectivity index (χ3v) is 3.82. The van der Waals surface area contributed by atoms with Crippen LogP contribution in [0.2, 0.25) is 0 Å². The molecule has 7 heteroatoms. The second-order valence-electron chi connectivity index (χ2n) is 4.63. The lowest BCUT2D eigenvalue weighted by molar-refractivity contribution is -0.136. The van der Waals surface area contributed by atoms with Crippen molar-refractivity contribution >= 4 is 28.5 Å². The Hall–Kier alpha value is -1.50. The van der Waals surface area contributed by atoms with Crippen LogP contribution in [0.5, 0.6) is 0 Å². The van der Waals surface area contributed by atoms with Crippen LogP contribution in [0, 0.1) is 6.92 Å². The largest absolute Gasteiger partial charge is 0.331 e. The molecular formula is C12H18N4O2S. The van der Waals surface area contributed by atoms with E-state index >= 15 is 0 Å². The van der Waals surface area contributed by atoms with Crippen molar-refractivity contribution in [2.24, 2.45) is 0 Å². The summed E-state index contributed by atoms with van der Waals surface area (Å²) in [6.07, 6.45) is 2.91. The first-order valence-electron chi connectivity index (χ1n) is 6.52. The number of hydrogen-bond acceptors (Lipinski definition) is 5. The number of aromatic nitrogens is 2. The minimum atomic E-state index is -0.358. The van der Waals surface area contributed by atoms with Crippen LogP contribution in [0.1, 0.15) is 38.4 Å². The molecule has 1 aliphatic rings.